The molecule has 3 aromatic carbocycles. The second-order valence-corrected chi connectivity index (χ2v) is 6.71. The van der Waals surface area contributed by atoms with Crippen LogP contribution in [0.15, 0.2) is 84.9 Å². The molecule has 1 N–H and O–H groups in total. The van der Waals surface area contributed by atoms with Crippen molar-refractivity contribution in [1.82, 2.24) is 0 Å². The maximum absolute atomic E-state index is 13.1. The Hall–Kier alpha value is -2.75. The zero-order valence-corrected chi connectivity index (χ0v) is 14.6. The standard InChI is InChI=1S/C19H18NO4P/c1-16-10-8-9-15-19(16)20-24-25(21,22-17-11-4-2-5-12-17)23-18-13-6-3-7-14-18/h2-15,20H,1H3. The number of hydrogen-bond acceptors (Lipinski definition) is 5. The van der Waals surface area contributed by atoms with Gasteiger partial charge in [-0.05, 0) is 42.8 Å². The Morgan fingerprint density at radius 3 is 1.72 bits per heavy atom. The van der Waals surface area contributed by atoms with Gasteiger partial charge in [-0.1, -0.05) is 54.6 Å². The zero-order valence-electron chi connectivity index (χ0n) is 13.7. The van der Waals surface area contributed by atoms with E-state index in [9.17, 15) is 4.57 Å². The molecular formula is C19H18NO4P. The van der Waals surface area contributed by atoms with E-state index in [0.717, 1.165) is 5.56 Å². The Balaban J connectivity index is 1.80. The molecule has 3 rings (SSSR count). The van der Waals surface area contributed by atoms with Crippen molar-refractivity contribution in [3.05, 3.63) is 90.5 Å². The molecular weight excluding hydrogens is 337 g/mol. The van der Waals surface area contributed by atoms with E-state index in [0.29, 0.717) is 17.2 Å². The average Bonchev–Trinajstić information content (AvgIpc) is 2.63. The van der Waals surface area contributed by atoms with Crippen molar-refractivity contribution in [2.24, 2.45) is 0 Å². The summed E-state index contributed by atoms with van der Waals surface area (Å²) < 4.78 is 29.5. The highest BCUT2D eigenvalue weighted by atomic mass is 31.2. The number of phosphoric acid groups is 1. The van der Waals surface area contributed by atoms with Gasteiger partial charge in [0, 0.05) is 0 Å². The average molecular weight is 355 g/mol. The van der Waals surface area contributed by atoms with Crippen LogP contribution in [0.3, 0.4) is 0 Å². The third-order valence-corrected chi connectivity index (χ3v) is 4.52. The summed E-state index contributed by atoms with van der Waals surface area (Å²) in [5.41, 5.74) is 4.30. The summed E-state index contributed by atoms with van der Waals surface area (Å²) in [6, 6.07) is 25.0. The number of para-hydroxylation sites is 3. The molecule has 0 aromatic heterocycles. The second kappa shape index (κ2) is 7.88. The van der Waals surface area contributed by atoms with Crippen molar-refractivity contribution in [1.29, 1.82) is 0 Å². The van der Waals surface area contributed by atoms with E-state index in [1.807, 2.05) is 43.3 Å². The number of rotatable bonds is 7. The largest absolute Gasteiger partial charge is 0.609 e. The SMILES string of the molecule is Cc1ccccc1NOP(=O)(Oc1ccccc1)Oc1ccccc1. The lowest BCUT2D eigenvalue weighted by Gasteiger charge is -2.19. The highest BCUT2D eigenvalue weighted by Crippen LogP contribution is 2.49. The number of anilines is 1. The van der Waals surface area contributed by atoms with Gasteiger partial charge in [0.15, 0.2) is 0 Å². The molecule has 0 aliphatic heterocycles. The molecule has 3 aromatic rings. The Bertz CT molecular complexity index is 810. The predicted molar refractivity (Wildman–Crippen MR) is 97.6 cm³/mol. The van der Waals surface area contributed by atoms with Gasteiger partial charge in [-0.15, -0.1) is 4.62 Å². The van der Waals surface area contributed by atoms with Gasteiger partial charge in [0.2, 0.25) is 0 Å². The Morgan fingerprint density at radius 2 is 1.20 bits per heavy atom. The fourth-order valence-corrected chi connectivity index (χ4v) is 3.15. The second-order valence-electron chi connectivity index (χ2n) is 5.26. The number of phosphoric ester groups is 1. The third kappa shape index (κ3) is 4.86. The lowest BCUT2D eigenvalue weighted by Crippen LogP contribution is -2.10. The minimum atomic E-state index is -3.96. The van der Waals surface area contributed by atoms with Crippen LogP contribution in [-0.2, 0) is 9.19 Å². The van der Waals surface area contributed by atoms with E-state index in [1.54, 1.807) is 48.5 Å². The lowest BCUT2D eigenvalue weighted by atomic mass is 10.2. The summed E-state index contributed by atoms with van der Waals surface area (Å²) in [7, 11) is -3.96. The fraction of sp³-hybridized carbons (Fsp3) is 0.0526. The van der Waals surface area contributed by atoms with E-state index in [4.69, 9.17) is 13.7 Å². The first-order valence-electron chi connectivity index (χ1n) is 7.74. The van der Waals surface area contributed by atoms with Crippen LogP contribution in [0.2, 0.25) is 0 Å². The van der Waals surface area contributed by atoms with Crippen LogP contribution in [-0.4, -0.2) is 0 Å². The fourth-order valence-electron chi connectivity index (χ4n) is 2.07. The summed E-state index contributed by atoms with van der Waals surface area (Å²) in [5, 5.41) is 0. The van der Waals surface area contributed by atoms with Gasteiger partial charge < -0.3 is 9.05 Å². The molecule has 0 spiro atoms. The summed E-state index contributed by atoms with van der Waals surface area (Å²) in [5.74, 6) is 0.765. The van der Waals surface area contributed by atoms with Crippen LogP contribution in [0.25, 0.3) is 0 Å². The molecule has 0 radical (unpaired) electrons. The Labute approximate surface area is 146 Å². The van der Waals surface area contributed by atoms with Crippen LogP contribution in [0, 0.1) is 6.92 Å². The number of hydrogen-bond donors (Lipinski definition) is 1. The minimum absolute atomic E-state index is 0.383. The van der Waals surface area contributed by atoms with Crippen molar-refractivity contribution < 1.29 is 18.2 Å². The van der Waals surface area contributed by atoms with Crippen molar-refractivity contribution in [2.45, 2.75) is 6.92 Å². The molecule has 0 unspecified atom stereocenters. The van der Waals surface area contributed by atoms with Gasteiger partial charge in [0.1, 0.15) is 11.5 Å². The number of nitrogens with one attached hydrogen (secondary N) is 1. The maximum atomic E-state index is 13.1. The lowest BCUT2D eigenvalue weighted by molar-refractivity contribution is 0.247. The van der Waals surface area contributed by atoms with Gasteiger partial charge in [-0.2, -0.15) is 0 Å². The number of aryl methyl sites for hydroxylation is 1. The smallest absolute Gasteiger partial charge is 0.394 e. The molecule has 0 amide bonds. The van der Waals surface area contributed by atoms with E-state index in [-0.39, 0.29) is 0 Å². The van der Waals surface area contributed by atoms with Crippen LogP contribution in [0.4, 0.5) is 5.69 Å². The molecule has 5 nitrogen and oxygen atoms in total. The predicted octanol–water partition coefficient (Wildman–Crippen LogP) is 5.60. The van der Waals surface area contributed by atoms with E-state index in [1.165, 1.54) is 0 Å². The summed E-state index contributed by atoms with van der Waals surface area (Å²) in [4.78, 5) is 0. The summed E-state index contributed by atoms with van der Waals surface area (Å²) in [6.45, 7) is 1.91. The molecule has 0 heterocycles. The van der Waals surface area contributed by atoms with Crippen LogP contribution >= 0.6 is 7.82 Å². The Morgan fingerprint density at radius 1 is 0.720 bits per heavy atom. The Kier molecular flexibility index (Phi) is 5.39. The molecule has 0 bridgehead atoms. The first-order chi connectivity index (χ1) is 12.1. The molecule has 0 saturated heterocycles. The van der Waals surface area contributed by atoms with Gasteiger partial charge in [-0.3, -0.25) is 5.48 Å². The normalized spacial score (nSPS) is 10.9. The first-order valence-corrected chi connectivity index (χ1v) is 9.20. The van der Waals surface area contributed by atoms with Gasteiger partial charge in [0.25, 0.3) is 0 Å². The van der Waals surface area contributed by atoms with Crippen LogP contribution < -0.4 is 14.5 Å². The van der Waals surface area contributed by atoms with Gasteiger partial charge in [-0.25, -0.2) is 4.57 Å². The number of benzene rings is 3. The van der Waals surface area contributed by atoms with Crippen molar-refractivity contribution >= 4 is 13.5 Å². The first kappa shape index (κ1) is 17.1. The summed E-state index contributed by atoms with van der Waals surface area (Å²) in [6.07, 6.45) is 0. The quantitative estimate of drug-likeness (QED) is 0.441. The zero-order chi connectivity index (χ0) is 17.5. The van der Waals surface area contributed by atoms with Gasteiger partial charge >= 0.3 is 7.82 Å². The van der Waals surface area contributed by atoms with Crippen molar-refractivity contribution in [3.8, 4) is 11.5 Å². The molecule has 0 aliphatic carbocycles. The molecule has 0 atom stereocenters. The van der Waals surface area contributed by atoms with Crippen molar-refractivity contribution in [2.75, 3.05) is 5.48 Å². The monoisotopic (exact) mass is 355 g/mol. The highest BCUT2D eigenvalue weighted by molar-refractivity contribution is 7.49. The van der Waals surface area contributed by atoms with Crippen molar-refractivity contribution in [3.63, 3.8) is 0 Å². The molecule has 0 fully saturated rings. The van der Waals surface area contributed by atoms with E-state index < -0.39 is 7.82 Å². The molecule has 0 aliphatic rings. The maximum Gasteiger partial charge on any atom is 0.609 e. The highest BCUT2D eigenvalue weighted by Gasteiger charge is 2.32. The van der Waals surface area contributed by atoms with Gasteiger partial charge in [0.05, 0.1) is 5.69 Å². The van der Waals surface area contributed by atoms with Crippen LogP contribution in [0.5, 0.6) is 11.5 Å². The van der Waals surface area contributed by atoms with E-state index >= 15 is 0 Å². The summed E-state index contributed by atoms with van der Waals surface area (Å²) >= 11 is 0. The van der Waals surface area contributed by atoms with E-state index in [2.05, 4.69) is 5.48 Å². The molecule has 25 heavy (non-hydrogen) atoms. The molecule has 0 saturated carbocycles. The van der Waals surface area contributed by atoms with Crippen LogP contribution in [0.1, 0.15) is 5.56 Å². The third-order valence-electron chi connectivity index (χ3n) is 3.33. The topological polar surface area (TPSA) is 56.8 Å². The molecule has 6 heteroatoms. The minimum Gasteiger partial charge on any atom is -0.394 e. The molecule has 128 valence electrons.